The molecule has 1 atom stereocenters. The molecule has 1 fully saturated rings. The van der Waals surface area contributed by atoms with Crippen LogP contribution in [0.5, 0.6) is 0 Å². The van der Waals surface area contributed by atoms with Gasteiger partial charge in [0.1, 0.15) is 0 Å². The van der Waals surface area contributed by atoms with Crippen molar-refractivity contribution in [2.24, 2.45) is 5.92 Å². The van der Waals surface area contributed by atoms with Crippen molar-refractivity contribution in [2.45, 2.75) is 33.2 Å². The first-order valence-electron chi connectivity index (χ1n) is 3.94. The summed E-state index contributed by atoms with van der Waals surface area (Å²) in [5.74, 6) is 0.937. The molecule has 10 heavy (non-hydrogen) atoms. The van der Waals surface area contributed by atoms with Crippen molar-refractivity contribution in [2.75, 3.05) is 13.1 Å². The largest absolute Gasteiger partial charge is 0.301 e. The lowest BCUT2D eigenvalue weighted by atomic mass is 10.2. The van der Waals surface area contributed by atoms with Crippen molar-refractivity contribution in [1.29, 1.82) is 0 Å². The Hall–Kier alpha value is -0.110. The average molecular weight is 147 g/mol. The molecule has 1 rings (SSSR count). The summed E-state index contributed by atoms with van der Waals surface area (Å²) in [6, 6.07) is 0.759. The summed E-state index contributed by atoms with van der Waals surface area (Å²) in [4.78, 5) is 2.55. The number of hydrogen-bond donors (Lipinski definition) is 0. The predicted octanol–water partition coefficient (Wildman–Crippen LogP) is 1.89. The lowest BCUT2D eigenvalue weighted by molar-refractivity contribution is 0.267. The summed E-state index contributed by atoms with van der Waals surface area (Å²) in [5.41, 5.74) is 0. The summed E-state index contributed by atoms with van der Waals surface area (Å²) in [6.07, 6.45) is 1.40. The van der Waals surface area contributed by atoms with E-state index in [-0.39, 0.29) is 4.70 Å². The summed E-state index contributed by atoms with van der Waals surface area (Å²) in [5, 5.41) is 0. The van der Waals surface area contributed by atoms with Crippen LogP contribution in [0.3, 0.4) is 0 Å². The van der Waals surface area contributed by atoms with Crippen molar-refractivity contribution in [3.8, 4) is 0 Å². The molecule has 0 saturated carbocycles. The number of nitrogens with zero attached hydrogens (tertiary/aromatic N) is 1. The summed E-state index contributed by atoms with van der Waals surface area (Å²) >= 11 is 0. The van der Waals surface area contributed by atoms with Gasteiger partial charge in [-0.25, -0.2) is 0 Å². The van der Waals surface area contributed by atoms with E-state index < -0.39 is 0 Å². The van der Waals surface area contributed by atoms with Gasteiger partial charge in [-0.15, -0.1) is 0 Å². The molecule has 0 aromatic rings. The predicted molar refractivity (Wildman–Crippen MR) is 43.0 cm³/mol. The molecule has 1 saturated heterocycles. The van der Waals surface area contributed by atoms with Crippen LogP contribution in [0, 0.1) is 5.92 Å². The second-order valence-electron chi connectivity index (χ2n) is 3.48. The van der Waals surface area contributed by atoms with E-state index in [4.69, 9.17) is 0 Å². The molecule has 1 aliphatic rings. The highest BCUT2D eigenvalue weighted by atomic mass is 19.0. The molecule has 0 aromatic heterocycles. The van der Waals surface area contributed by atoms with E-state index in [2.05, 4.69) is 25.7 Å². The SMILES string of the molecule is CC(C)N1CC[C@H](C)C1.F. The van der Waals surface area contributed by atoms with Crippen LogP contribution >= 0.6 is 0 Å². The van der Waals surface area contributed by atoms with Crippen molar-refractivity contribution in [1.82, 2.24) is 4.90 Å². The Bertz CT molecular complexity index is 93.3. The van der Waals surface area contributed by atoms with Gasteiger partial charge in [0.25, 0.3) is 0 Å². The first kappa shape index (κ1) is 9.89. The van der Waals surface area contributed by atoms with Gasteiger partial charge in [0.2, 0.25) is 0 Å². The number of hydrogen-bond acceptors (Lipinski definition) is 1. The second kappa shape index (κ2) is 3.91. The van der Waals surface area contributed by atoms with Crippen LogP contribution in [-0.2, 0) is 0 Å². The summed E-state index contributed by atoms with van der Waals surface area (Å²) in [7, 11) is 0. The van der Waals surface area contributed by atoms with Crippen LogP contribution < -0.4 is 0 Å². The van der Waals surface area contributed by atoms with Gasteiger partial charge in [-0.1, -0.05) is 6.92 Å². The van der Waals surface area contributed by atoms with Crippen molar-refractivity contribution < 1.29 is 4.70 Å². The van der Waals surface area contributed by atoms with Crippen LogP contribution in [0.15, 0.2) is 0 Å². The molecule has 0 aromatic carbocycles. The fraction of sp³-hybridized carbons (Fsp3) is 1.00. The Morgan fingerprint density at radius 2 is 2.00 bits per heavy atom. The maximum atomic E-state index is 2.55. The fourth-order valence-electron chi connectivity index (χ4n) is 1.44. The Balaban J connectivity index is 0.000000810. The Labute approximate surface area is 62.8 Å². The third-order valence-corrected chi connectivity index (χ3v) is 2.19. The van der Waals surface area contributed by atoms with Crippen LogP contribution in [0.25, 0.3) is 0 Å². The molecular weight excluding hydrogens is 129 g/mol. The smallest absolute Gasteiger partial charge is 0.00387 e. The maximum absolute atomic E-state index is 2.55. The molecule has 0 amide bonds. The number of rotatable bonds is 1. The van der Waals surface area contributed by atoms with E-state index >= 15 is 0 Å². The van der Waals surface area contributed by atoms with Gasteiger partial charge >= 0.3 is 0 Å². The second-order valence-corrected chi connectivity index (χ2v) is 3.48. The van der Waals surface area contributed by atoms with Gasteiger partial charge in [0.15, 0.2) is 0 Å². The van der Waals surface area contributed by atoms with Gasteiger partial charge in [-0.3, -0.25) is 4.70 Å². The zero-order valence-electron chi connectivity index (χ0n) is 7.13. The monoisotopic (exact) mass is 147 g/mol. The van der Waals surface area contributed by atoms with Crippen LogP contribution in [0.4, 0.5) is 4.70 Å². The Kier molecular flexibility index (Phi) is 3.87. The van der Waals surface area contributed by atoms with Crippen LogP contribution in [-0.4, -0.2) is 24.0 Å². The van der Waals surface area contributed by atoms with Crippen molar-refractivity contribution >= 4 is 0 Å². The molecule has 1 aliphatic heterocycles. The van der Waals surface area contributed by atoms with E-state index in [1.165, 1.54) is 19.5 Å². The minimum absolute atomic E-state index is 0. The lowest BCUT2D eigenvalue weighted by Crippen LogP contribution is -2.27. The molecule has 0 radical (unpaired) electrons. The molecule has 1 heterocycles. The van der Waals surface area contributed by atoms with E-state index in [1.54, 1.807) is 0 Å². The summed E-state index contributed by atoms with van der Waals surface area (Å²) < 4.78 is 0. The highest BCUT2D eigenvalue weighted by Gasteiger charge is 2.19. The summed E-state index contributed by atoms with van der Waals surface area (Å²) in [6.45, 7) is 9.52. The molecule has 0 unspecified atom stereocenters. The average Bonchev–Trinajstić information content (AvgIpc) is 2.14. The van der Waals surface area contributed by atoms with Gasteiger partial charge in [0, 0.05) is 12.6 Å². The third-order valence-electron chi connectivity index (χ3n) is 2.19. The minimum Gasteiger partial charge on any atom is -0.301 e. The third kappa shape index (κ3) is 2.25. The normalized spacial score (nSPS) is 27.0. The molecule has 0 bridgehead atoms. The van der Waals surface area contributed by atoms with E-state index in [0.717, 1.165) is 12.0 Å². The lowest BCUT2D eigenvalue weighted by Gasteiger charge is -2.19. The molecule has 0 N–H and O–H groups in total. The Morgan fingerprint density at radius 1 is 1.40 bits per heavy atom. The van der Waals surface area contributed by atoms with Gasteiger partial charge in [-0.2, -0.15) is 0 Å². The quantitative estimate of drug-likeness (QED) is 0.547. The standard InChI is InChI=1S/C8H17N.FH/c1-7(2)9-5-4-8(3)6-9;/h7-8H,4-6H2,1-3H3;1H/t8-;/m0./s1. The fourth-order valence-corrected chi connectivity index (χ4v) is 1.44. The van der Waals surface area contributed by atoms with Crippen molar-refractivity contribution in [3.63, 3.8) is 0 Å². The first-order valence-corrected chi connectivity index (χ1v) is 3.94. The van der Waals surface area contributed by atoms with E-state index in [1.807, 2.05) is 0 Å². The van der Waals surface area contributed by atoms with Gasteiger partial charge in [-0.05, 0) is 32.7 Å². The van der Waals surface area contributed by atoms with Crippen molar-refractivity contribution in [3.05, 3.63) is 0 Å². The zero-order chi connectivity index (χ0) is 6.85. The molecule has 1 nitrogen and oxygen atoms in total. The van der Waals surface area contributed by atoms with Gasteiger partial charge in [0.05, 0.1) is 0 Å². The van der Waals surface area contributed by atoms with Crippen LogP contribution in [0.1, 0.15) is 27.2 Å². The number of halogens is 1. The van der Waals surface area contributed by atoms with E-state index in [9.17, 15) is 0 Å². The van der Waals surface area contributed by atoms with E-state index in [0.29, 0.717) is 0 Å². The molecule has 0 spiro atoms. The molecule has 0 aliphatic carbocycles. The molecule has 62 valence electrons. The van der Waals surface area contributed by atoms with Crippen LogP contribution in [0.2, 0.25) is 0 Å². The van der Waals surface area contributed by atoms with Gasteiger partial charge < -0.3 is 4.90 Å². The maximum Gasteiger partial charge on any atom is 0.00387 e. The molecule has 2 heteroatoms. The zero-order valence-corrected chi connectivity index (χ0v) is 7.13. The number of likely N-dealkylation sites (tertiary alicyclic amines) is 1. The highest BCUT2D eigenvalue weighted by molar-refractivity contribution is 4.74. The minimum atomic E-state index is 0. The highest BCUT2D eigenvalue weighted by Crippen LogP contribution is 2.16. The topological polar surface area (TPSA) is 3.24 Å². The molecular formula is C8H18FN. The first-order chi connectivity index (χ1) is 4.20. The Morgan fingerprint density at radius 3 is 2.20 bits per heavy atom.